The number of hydrogen-bond acceptors (Lipinski definition) is 4. The quantitative estimate of drug-likeness (QED) is 0.176. The van der Waals surface area contributed by atoms with Gasteiger partial charge in [-0.3, -0.25) is 4.98 Å². The first-order valence-corrected chi connectivity index (χ1v) is 17.8. The molecule has 0 aliphatic heterocycles. The lowest BCUT2D eigenvalue weighted by atomic mass is 9.81. The molecule has 0 spiro atoms. The van der Waals surface area contributed by atoms with E-state index < -0.39 is 0 Å². The summed E-state index contributed by atoms with van der Waals surface area (Å²) in [4.78, 5) is 14.4. The van der Waals surface area contributed by atoms with Crippen molar-refractivity contribution in [3.8, 4) is 84.5 Å². The Hall–Kier alpha value is -6.96. The fraction of sp³-hybridized carbons (Fsp3) is 0.0612. The van der Waals surface area contributed by atoms with Crippen molar-refractivity contribution in [2.75, 3.05) is 0 Å². The standard InChI is InChI=1S/C49H34N4/c1-49(2)44-24-32(30-50)15-21-42(44)43-22-20-37(28-45(43)49)40-25-39(26-41(27-40)38-14-9-23-51-31-38)33-16-18-35(19-17-33)47-29-46(34-10-5-3-6-11-34)52-48(53-47)36-12-7-4-8-13-36/h3-29,31H,1-2H3. The highest BCUT2D eigenvalue weighted by Crippen LogP contribution is 2.50. The third-order valence-electron chi connectivity index (χ3n) is 10.4. The number of aromatic nitrogens is 3. The van der Waals surface area contributed by atoms with Gasteiger partial charge in [0.2, 0.25) is 0 Å². The van der Waals surface area contributed by atoms with Crippen molar-refractivity contribution in [3.63, 3.8) is 0 Å². The van der Waals surface area contributed by atoms with E-state index in [0.29, 0.717) is 11.4 Å². The third-order valence-corrected chi connectivity index (χ3v) is 10.4. The van der Waals surface area contributed by atoms with Gasteiger partial charge in [-0.25, -0.2) is 9.97 Å². The van der Waals surface area contributed by atoms with Crippen LogP contribution in [0.1, 0.15) is 30.5 Å². The molecule has 0 atom stereocenters. The van der Waals surface area contributed by atoms with Crippen molar-refractivity contribution < 1.29 is 0 Å². The van der Waals surface area contributed by atoms with Crippen LogP contribution < -0.4 is 0 Å². The topological polar surface area (TPSA) is 62.5 Å². The van der Waals surface area contributed by atoms with Gasteiger partial charge in [-0.15, -0.1) is 0 Å². The summed E-state index contributed by atoms with van der Waals surface area (Å²) in [6, 6.07) is 57.2. The van der Waals surface area contributed by atoms with Gasteiger partial charge in [0.25, 0.3) is 0 Å². The van der Waals surface area contributed by atoms with Crippen LogP contribution in [0.25, 0.3) is 78.4 Å². The van der Waals surface area contributed by atoms with Gasteiger partial charge in [0, 0.05) is 40.1 Å². The molecule has 0 saturated heterocycles. The second kappa shape index (κ2) is 13.0. The Morgan fingerprint density at radius 3 is 1.62 bits per heavy atom. The van der Waals surface area contributed by atoms with Crippen molar-refractivity contribution >= 4 is 0 Å². The maximum absolute atomic E-state index is 9.61. The van der Waals surface area contributed by atoms with Gasteiger partial charge in [0.15, 0.2) is 5.82 Å². The van der Waals surface area contributed by atoms with E-state index in [1.807, 2.05) is 67.0 Å². The molecule has 0 fully saturated rings. The lowest BCUT2D eigenvalue weighted by Gasteiger charge is -2.22. The first-order chi connectivity index (χ1) is 25.9. The van der Waals surface area contributed by atoms with Crippen LogP contribution in [0.3, 0.4) is 0 Å². The van der Waals surface area contributed by atoms with Gasteiger partial charge < -0.3 is 0 Å². The van der Waals surface area contributed by atoms with E-state index in [-0.39, 0.29) is 5.41 Å². The molecule has 4 nitrogen and oxygen atoms in total. The zero-order valence-corrected chi connectivity index (χ0v) is 29.5. The molecule has 0 bridgehead atoms. The van der Waals surface area contributed by atoms with E-state index in [9.17, 15) is 5.26 Å². The summed E-state index contributed by atoms with van der Waals surface area (Å²) in [5, 5.41) is 9.61. The van der Waals surface area contributed by atoms with Crippen LogP contribution >= 0.6 is 0 Å². The van der Waals surface area contributed by atoms with E-state index in [4.69, 9.17) is 9.97 Å². The molecule has 6 aromatic carbocycles. The van der Waals surface area contributed by atoms with E-state index in [2.05, 4.69) is 128 Å². The van der Waals surface area contributed by atoms with Crippen molar-refractivity contribution in [2.24, 2.45) is 0 Å². The van der Waals surface area contributed by atoms with Gasteiger partial charge in [0.05, 0.1) is 23.0 Å². The highest BCUT2D eigenvalue weighted by molar-refractivity contribution is 5.87. The van der Waals surface area contributed by atoms with Crippen molar-refractivity contribution in [1.29, 1.82) is 5.26 Å². The molecule has 2 aromatic heterocycles. The van der Waals surface area contributed by atoms with Crippen LogP contribution in [0, 0.1) is 11.3 Å². The molecule has 9 rings (SSSR count). The Bertz CT molecular complexity index is 2620. The zero-order chi connectivity index (χ0) is 35.9. The Morgan fingerprint density at radius 2 is 0.981 bits per heavy atom. The Kier molecular flexibility index (Phi) is 7.83. The molecule has 0 saturated carbocycles. The SMILES string of the molecule is CC1(C)c2cc(C#N)ccc2-c2ccc(-c3cc(-c4ccc(-c5cc(-c6ccccc6)nc(-c6ccccc6)n5)cc4)cc(-c4cccnc4)c3)cc21. The molecular formula is C49H34N4. The van der Waals surface area contributed by atoms with E-state index in [1.54, 1.807) is 0 Å². The number of pyridine rings is 1. The molecule has 0 unspecified atom stereocenters. The normalized spacial score (nSPS) is 12.5. The predicted octanol–water partition coefficient (Wildman–Crippen LogP) is 12.1. The minimum atomic E-state index is -0.227. The Balaban J connectivity index is 1.13. The monoisotopic (exact) mass is 678 g/mol. The second-order valence-corrected chi connectivity index (χ2v) is 14.1. The smallest absolute Gasteiger partial charge is 0.160 e. The Labute approximate surface area is 309 Å². The minimum Gasteiger partial charge on any atom is -0.264 e. The average molecular weight is 679 g/mol. The fourth-order valence-electron chi connectivity index (χ4n) is 7.55. The summed E-state index contributed by atoms with van der Waals surface area (Å²) in [5.41, 5.74) is 16.9. The highest BCUT2D eigenvalue weighted by atomic mass is 14.9. The maximum Gasteiger partial charge on any atom is 0.160 e. The van der Waals surface area contributed by atoms with E-state index in [1.165, 1.54) is 22.3 Å². The minimum absolute atomic E-state index is 0.227. The lowest BCUT2D eigenvalue weighted by Crippen LogP contribution is -2.15. The summed E-state index contributed by atoms with van der Waals surface area (Å²) >= 11 is 0. The van der Waals surface area contributed by atoms with Crippen molar-refractivity contribution in [3.05, 3.63) is 187 Å². The van der Waals surface area contributed by atoms with Crippen LogP contribution in [0.5, 0.6) is 0 Å². The van der Waals surface area contributed by atoms with Crippen molar-refractivity contribution in [2.45, 2.75) is 19.3 Å². The van der Waals surface area contributed by atoms with Crippen LogP contribution in [-0.2, 0) is 5.41 Å². The van der Waals surface area contributed by atoms with Crippen LogP contribution in [-0.4, -0.2) is 15.0 Å². The largest absolute Gasteiger partial charge is 0.264 e. The lowest BCUT2D eigenvalue weighted by molar-refractivity contribution is 0.660. The molecule has 250 valence electrons. The van der Waals surface area contributed by atoms with Crippen LogP contribution in [0.15, 0.2) is 170 Å². The molecule has 53 heavy (non-hydrogen) atoms. The zero-order valence-electron chi connectivity index (χ0n) is 29.5. The van der Waals surface area contributed by atoms with Crippen LogP contribution in [0.2, 0.25) is 0 Å². The van der Waals surface area contributed by atoms with Crippen molar-refractivity contribution in [1.82, 2.24) is 15.0 Å². The predicted molar refractivity (Wildman–Crippen MR) is 215 cm³/mol. The summed E-state index contributed by atoms with van der Waals surface area (Å²) in [6.45, 7) is 4.51. The van der Waals surface area contributed by atoms with Gasteiger partial charge in [0.1, 0.15) is 0 Å². The third kappa shape index (κ3) is 5.89. The molecule has 0 N–H and O–H groups in total. The van der Waals surface area contributed by atoms with Gasteiger partial charge in [-0.2, -0.15) is 5.26 Å². The summed E-state index contributed by atoms with van der Waals surface area (Å²) in [6.07, 6.45) is 3.73. The van der Waals surface area contributed by atoms with Gasteiger partial charge >= 0.3 is 0 Å². The number of benzene rings is 6. The average Bonchev–Trinajstić information content (AvgIpc) is 3.46. The number of rotatable bonds is 6. The number of fused-ring (bicyclic) bond motifs is 3. The van der Waals surface area contributed by atoms with Gasteiger partial charge in [-0.05, 0) is 98.6 Å². The van der Waals surface area contributed by atoms with Crippen LogP contribution in [0.4, 0.5) is 0 Å². The number of nitriles is 1. The molecule has 8 aromatic rings. The van der Waals surface area contributed by atoms with E-state index >= 15 is 0 Å². The fourth-order valence-corrected chi connectivity index (χ4v) is 7.55. The molecule has 4 heteroatoms. The molecule has 0 radical (unpaired) electrons. The number of nitrogens with zero attached hydrogens (tertiary/aromatic N) is 4. The summed E-state index contributed by atoms with van der Waals surface area (Å²) in [7, 11) is 0. The molecule has 1 aliphatic carbocycles. The first kappa shape index (κ1) is 32.0. The second-order valence-electron chi connectivity index (χ2n) is 14.1. The molecule has 2 heterocycles. The van der Waals surface area contributed by atoms with Gasteiger partial charge in [-0.1, -0.05) is 123 Å². The molecular weight excluding hydrogens is 645 g/mol. The highest BCUT2D eigenvalue weighted by Gasteiger charge is 2.35. The maximum atomic E-state index is 9.61. The number of hydrogen-bond donors (Lipinski definition) is 0. The molecule has 1 aliphatic rings. The van der Waals surface area contributed by atoms with E-state index in [0.717, 1.165) is 61.5 Å². The summed E-state index contributed by atoms with van der Waals surface area (Å²) in [5.74, 6) is 0.700. The first-order valence-electron chi connectivity index (χ1n) is 17.8. The Morgan fingerprint density at radius 1 is 0.453 bits per heavy atom. The summed E-state index contributed by atoms with van der Waals surface area (Å²) < 4.78 is 0. The molecule has 0 amide bonds.